The van der Waals surface area contributed by atoms with Gasteiger partial charge in [0.25, 0.3) is 0 Å². The molecule has 26 heavy (non-hydrogen) atoms. The Hall–Kier alpha value is -2.81. The first kappa shape index (κ1) is 18.0. The van der Waals surface area contributed by atoms with Crippen molar-refractivity contribution in [1.82, 2.24) is 0 Å². The quantitative estimate of drug-likeness (QED) is 0.598. The molecule has 0 aliphatic carbocycles. The van der Waals surface area contributed by atoms with Crippen LogP contribution in [0.3, 0.4) is 0 Å². The average molecular weight is 347 g/mol. The van der Waals surface area contributed by atoms with E-state index in [0.717, 1.165) is 28.3 Å². The molecular formula is C23H25NO2. The Morgan fingerprint density at radius 1 is 1.00 bits per heavy atom. The largest absolute Gasteiger partial charge is 0.461 e. The van der Waals surface area contributed by atoms with Gasteiger partial charge in [-0.25, -0.2) is 0 Å². The topological polar surface area (TPSA) is 42.2 Å². The Labute approximate surface area is 155 Å². The lowest BCUT2D eigenvalue weighted by molar-refractivity contribution is -0.116. The standard InChI is InChI=1S/C23H25NO2/c1-16(2)20-11-7-8-17(3)23(20)24-22(25)15-13-19-12-14-21(26-19)18-9-5-4-6-10-18/h4-12,14,16H,13,15H2,1-3H3,(H,24,25). The van der Waals surface area contributed by atoms with Gasteiger partial charge in [0.05, 0.1) is 0 Å². The van der Waals surface area contributed by atoms with Crippen molar-refractivity contribution >= 4 is 11.6 Å². The van der Waals surface area contributed by atoms with E-state index in [1.807, 2.05) is 61.5 Å². The molecule has 3 nitrogen and oxygen atoms in total. The van der Waals surface area contributed by atoms with E-state index in [9.17, 15) is 4.79 Å². The zero-order chi connectivity index (χ0) is 18.5. The third-order valence-corrected chi connectivity index (χ3v) is 4.51. The summed E-state index contributed by atoms with van der Waals surface area (Å²) < 4.78 is 5.88. The van der Waals surface area contributed by atoms with E-state index >= 15 is 0 Å². The molecule has 0 fully saturated rings. The van der Waals surface area contributed by atoms with Gasteiger partial charge in [-0.2, -0.15) is 0 Å². The SMILES string of the molecule is Cc1cccc(C(C)C)c1NC(=O)CCc1ccc(-c2ccccc2)o1. The first-order valence-electron chi connectivity index (χ1n) is 9.08. The molecule has 0 aliphatic rings. The first-order chi connectivity index (χ1) is 12.5. The molecule has 0 atom stereocenters. The number of para-hydroxylation sites is 1. The summed E-state index contributed by atoms with van der Waals surface area (Å²) in [7, 11) is 0. The van der Waals surface area contributed by atoms with Gasteiger partial charge in [0, 0.05) is 24.1 Å². The van der Waals surface area contributed by atoms with E-state index in [4.69, 9.17) is 4.42 Å². The van der Waals surface area contributed by atoms with Gasteiger partial charge in [-0.1, -0.05) is 62.4 Å². The van der Waals surface area contributed by atoms with Crippen LogP contribution in [0, 0.1) is 6.92 Å². The fourth-order valence-corrected chi connectivity index (χ4v) is 3.05. The molecule has 3 rings (SSSR count). The minimum atomic E-state index is 0.0128. The summed E-state index contributed by atoms with van der Waals surface area (Å²) in [5.41, 5.74) is 4.25. The molecule has 134 valence electrons. The molecule has 0 radical (unpaired) electrons. The summed E-state index contributed by atoms with van der Waals surface area (Å²) in [6.45, 7) is 6.30. The summed E-state index contributed by atoms with van der Waals surface area (Å²) in [5, 5.41) is 3.09. The summed E-state index contributed by atoms with van der Waals surface area (Å²) in [6.07, 6.45) is 0.981. The maximum atomic E-state index is 12.4. The monoisotopic (exact) mass is 347 g/mol. The van der Waals surface area contributed by atoms with E-state index in [2.05, 4.69) is 25.2 Å². The number of amides is 1. The van der Waals surface area contributed by atoms with Gasteiger partial charge in [-0.3, -0.25) is 4.79 Å². The Morgan fingerprint density at radius 2 is 1.77 bits per heavy atom. The summed E-state index contributed by atoms with van der Waals surface area (Å²) in [5.74, 6) is 2.04. The molecule has 0 aliphatic heterocycles. The molecule has 0 bridgehead atoms. The smallest absolute Gasteiger partial charge is 0.224 e. The molecule has 1 amide bonds. The maximum absolute atomic E-state index is 12.4. The average Bonchev–Trinajstić information content (AvgIpc) is 3.11. The number of nitrogens with one attached hydrogen (secondary N) is 1. The minimum Gasteiger partial charge on any atom is -0.461 e. The van der Waals surface area contributed by atoms with Crippen molar-refractivity contribution in [3.63, 3.8) is 0 Å². The molecule has 0 unspecified atom stereocenters. The number of rotatable bonds is 6. The van der Waals surface area contributed by atoms with Crippen LogP contribution in [0.1, 0.15) is 43.1 Å². The van der Waals surface area contributed by atoms with Crippen LogP contribution in [-0.2, 0) is 11.2 Å². The Bertz CT molecular complexity index is 878. The highest BCUT2D eigenvalue weighted by atomic mass is 16.3. The second kappa shape index (κ2) is 8.05. The number of benzene rings is 2. The lowest BCUT2D eigenvalue weighted by Gasteiger charge is -2.16. The molecule has 3 heteroatoms. The van der Waals surface area contributed by atoms with Crippen LogP contribution in [0.5, 0.6) is 0 Å². The van der Waals surface area contributed by atoms with Crippen LogP contribution < -0.4 is 5.32 Å². The van der Waals surface area contributed by atoms with Gasteiger partial charge >= 0.3 is 0 Å². The predicted octanol–water partition coefficient (Wildman–Crippen LogP) is 5.95. The number of carbonyl (C=O) groups excluding carboxylic acids is 1. The number of aryl methyl sites for hydroxylation is 2. The third kappa shape index (κ3) is 4.23. The summed E-state index contributed by atoms with van der Waals surface area (Å²) in [6, 6.07) is 20.0. The minimum absolute atomic E-state index is 0.0128. The molecule has 0 saturated carbocycles. The number of anilines is 1. The zero-order valence-electron chi connectivity index (χ0n) is 15.6. The van der Waals surface area contributed by atoms with Gasteiger partial charge in [0.2, 0.25) is 5.91 Å². The van der Waals surface area contributed by atoms with Gasteiger partial charge in [0.15, 0.2) is 0 Å². The van der Waals surface area contributed by atoms with E-state index in [0.29, 0.717) is 18.8 Å². The van der Waals surface area contributed by atoms with Gasteiger partial charge in [0.1, 0.15) is 11.5 Å². The molecule has 2 aromatic carbocycles. The van der Waals surface area contributed by atoms with Crippen molar-refractivity contribution < 1.29 is 9.21 Å². The number of hydrogen-bond acceptors (Lipinski definition) is 2. The highest BCUT2D eigenvalue weighted by Gasteiger charge is 2.13. The van der Waals surface area contributed by atoms with Crippen molar-refractivity contribution in [3.8, 4) is 11.3 Å². The van der Waals surface area contributed by atoms with Gasteiger partial charge < -0.3 is 9.73 Å². The molecule has 0 saturated heterocycles. The van der Waals surface area contributed by atoms with Crippen LogP contribution in [-0.4, -0.2) is 5.91 Å². The molecule has 3 aromatic rings. The van der Waals surface area contributed by atoms with Crippen LogP contribution in [0.2, 0.25) is 0 Å². The van der Waals surface area contributed by atoms with Crippen molar-refractivity contribution in [2.45, 2.75) is 39.5 Å². The summed E-state index contributed by atoms with van der Waals surface area (Å²) in [4.78, 5) is 12.4. The van der Waals surface area contributed by atoms with E-state index in [-0.39, 0.29) is 5.91 Å². The van der Waals surface area contributed by atoms with Crippen molar-refractivity contribution in [3.05, 3.63) is 77.6 Å². The van der Waals surface area contributed by atoms with Crippen LogP contribution >= 0.6 is 0 Å². The van der Waals surface area contributed by atoms with Crippen LogP contribution in [0.25, 0.3) is 11.3 Å². The fourth-order valence-electron chi connectivity index (χ4n) is 3.05. The molecule has 1 aromatic heterocycles. The molecule has 0 spiro atoms. The Kier molecular flexibility index (Phi) is 5.57. The first-order valence-corrected chi connectivity index (χ1v) is 9.08. The fraction of sp³-hybridized carbons (Fsp3) is 0.261. The third-order valence-electron chi connectivity index (χ3n) is 4.51. The van der Waals surface area contributed by atoms with Crippen LogP contribution in [0.4, 0.5) is 5.69 Å². The second-order valence-corrected chi connectivity index (χ2v) is 6.87. The lowest BCUT2D eigenvalue weighted by atomic mass is 9.98. The van der Waals surface area contributed by atoms with Crippen LogP contribution in [0.15, 0.2) is 65.1 Å². The number of carbonyl (C=O) groups is 1. The zero-order valence-corrected chi connectivity index (χ0v) is 15.6. The predicted molar refractivity (Wildman–Crippen MR) is 106 cm³/mol. The van der Waals surface area contributed by atoms with Crippen molar-refractivity contribution in [1.29, 1.82) is 0 Å². The van der Waals surface area contributed by atoms with E-state index in [1.54, 1.807) is 0 Å². The van der Waals surface area contributed by atoms with E-state index in [1.165, 1.54) is 5.56 Å². The Morgan fingerprint density at radius 3 is 2.50 bits per heavy atom. The lowest BCUT2D eigenvalue weighted by Crippen LogP contribution is -2.15. The summed E-state index contributed by atoms with van der Waals surface area (Å²) >= 11 is 0. The number of furan rings is 1. The highest BCUT2D eigenvalue weighted by molar-refractivity contribution is 5.92. The normalized spacial score (nSPS) is 10.9. The Balaban J connectivity index is 1.63. The van der Waals surface area contributed by atoms with Crippen molar-refractivity contribution in [2.24, 2.45) is 0 Å². The van der Waals surface area contributed by atoms with Crippen molar-refractivity contribution in [2.75, 3.05) is 5.32 Å². The van der Waals surface area contributed by atoms with Gasteiger partial charge in [-0.05, 0) is 36.1 Å². The molecular weight excluding hydrogens is 322 g/mol. The molecule has 1 heterocycles. The highest BCUT2D eigenvalue weighted by Crippen LogP contribution is 2.28. The maximum Gasteiger partial charge on any atom is 0.224 e. The second-order valence-electron chi connectivity index (χ2n) is 6.87. The number of hydrogen-bond donors (Lipinski definition) is 1. The molecule has 1 N–H and O–H groups in total. The van der Waals surface area contributed by atoms with E-state index < -0.39 is 0 Å². The van der Waals surface area contributed by atoms with Gasteiger partial charge in [-0.15, -0.1) is 0 Å².